The highest BCUT2D eigenvalue weighted by atomic mass is 16.1. The standard InChI is InChI=1S/C12H13NO/c1-10(11-5-3-2-4-6-11)12-7-13(8-12)9-14/h2-6,9H,7-8H2,1H3. The lowest BCUT2D eigenvalue weighted by Crippen LogP contribution is -2.39. The first-order chi connectivity index (χ1) is 6.81. The topological polar surface area (TPSA) is 20.3 Å². The van der Waals surface area contributed by atoms with Crippen molar-refractivity contribution in [3.8, 4) is 0 Å². The van der Waals surface area contributed by atoms with Crippen LogP contribution in [-0.2, 0) is 4.79 Å². The van der Waals surface area contributed by atoms with Crippen molar-refractivity contribution in [3.05, 3.63) is 41.5 Å². The van der Waals surface area contributed by atoms with Crippen LogP contribution < -0.4 is 0 Å². The lowest BCUT2D eigenvalue weighted by atomic mass is 9.97. The number of carbonyl (C=O) groups excluding carboxylic acids is 1. The molecule has 1 heterocycles. The number of hydrogen-bond donors (Lipinski definition) is 0. The summed E-state index contributed by atoms with van der Waals surface area (Å²) in [4.78, 5) is 12.2. The average molecular weight is 187 g/mol. The lowest BCUT2D eigenvalue weighted by Gasteiger charge is -2.32. The van der Waals surface area contributed by atoms with Crippen LogP contribution in [0, 0.1) is 0 Å². The van der Waals surface area contributed by atoms with Crippen LogP contribution in [0.5, 0.6) is 0 Å². The van der Waals surface area contributed by atoms with Crippen molar-refractivity contribution in [2.75, 3.05) is 13.1 Å². The molecule has 0 atom stereocenters. The molecule has 1 aromatic rings. The van der Waals surface area contributed by atoms with Crippen molar-refractivity contribution in [3.63, 3.8) is 0 Å². The summed E-state index contributed by atoms with van der Waals surface area (Å²) in [5.74, 6) is 0. The molecular formula is C12H13NO. The second-order valence-corrected chi connectivity index (χ2v) is 3.60. The van der Waals surface area contributed by atoms with E-state index < -0.39 is 0 Å². The summed E-state index contributed by atoms with van der Waals surface area (Å²) in [6.07, 6.45) is 0.905. The summed E-state index contributed by atoms with van der Waals surface area (Å²) in [5.41, 5.74) is 3.93. The molecule has 0 N–H and O–H groups in total. The molecule has 1 fully saturated rings. The SMILES string of the molecule is CC(=C1CN(C=O)C1)c1ccccc1. The van der Waals surface area contributed by atoms with Gasteiger partial charge in [-0.15, -0.1) is 0 Å². The minimum absolute atomic E-state index is 0.796. The van der Waals surface area contributed by atoms with E-state index in [0.29, 0.717) is 0 Å². The van der Waals surface area contributed by atoms with Gasteiger partial charge in [0.25, 0.3) is 0 Å². The predicted octanol–water partition coefficient (Wildman–Crippen LogP) is 1.93. The fraction of sp³-hybridized carbons (Fsp3) is 0.250. The summed E-state index contributed by atoms with van der Waals surface area (Å²) < 4.78 is 0. The number of nitrogens with zero attached hydrogens (tertiary/aromatic N) is 1. The van der Waals surface area contributed by atoms with E-state index in [9.17, 15) is 4.79 Å². The quantitative estimate of drug-likeness (QED) is 0.648. The minimum Gasteiger partial charge on any atom is -0.337 e. The van der Waals surface area contributed by atoms with Crippen molar-refractivity contribution < 1.29 is 4.79 Å². The molecule has 1 aliphatic rings. The maximum Gasteiger partial charge on any atom is 0.210 e. The first-order valence-corrected chi connectivity index (χ1v) is 4.74. The van der Waals surface area contributed by atoms with Crippen LogP contribution in [-0.4, -0.2) is 24.4 Å². The van der Waals surface area contributed by atoms with Crippen molar-refractivity contribution in [1.29, 1.82) is 0 Å². The zero-order valence-corrected chi connectivity index (χ0v) is 8.23. The molecular weight excluding hydrogens is 174 g/mol. The van der Waals surface area contributed by atoms with E-state index >= 15 is 0 Å². The van der Waals surface area contributed by atoms with Crippen LogP contribution in [0.1, 0.15) is 12.5 Å². The zero-order chi connectivity index (χ0) is 9.97. The summed E-state index contributed by atoms with van der Waals surface area (Å²) in [5, 5.41) is 0. The van der Waals surface area contributed by atoms with Gasteiger partial charge in [-0.25, -0.2) is 0 Å². The maximum atomic E-state index is 10.4. The van der Waals surface area contributed by atoms with Gasteiger partial charge in [0, 0.05) is 13.1 Å². The monoisotopic (exact) mass is 187 g/mol. The molecule has 1 amide bonds. The largest absolute Gasteiger partial charge is 0.337 e. The van der Waals surface area contributed by atoms with E-state index in [-0.39, 0.29) is 0 Å². The Morgan fingerprint density at radius 1 is 1.29 bits per heavy atom. The molecule has 0 unspecified atom stereocenters. The van der Waals surface area contributed by atoms with Crippen molar-refractivity contribution >= 4 is 12.0 Å². The third-order valence-electron chi connectivity index (χ3n) is 2.67. The van der Waals surface area contributed by atoms with Gasteiger partial charge in [-0.1, -0.05) is 30.3 Å². The molecule has 0 aliphatic carbocycles. The van der Waals surface area contributed by atoms with E-state index in [1.165, 1.54) is 16.7 Å². The molecule has 2 heteroatoms. The molecule has 72 valence electrons. The highest BCUT2D eigenvalue weighted by Gasteiger charge is 2.20. The van der Waals surface area contributed by atoms with Crippen LogP contribution in [0.4, 0.5) is 0 Å². The van der Waals surface area contributed by atoms with Crippen LogP contribution in [0.25, 0.3) is 5.57 Å². The fourth-order valence-corrected chi connectivity index (χ4v) is 1.65. The Hall–Kier alpha value is -1.57. The minimum atomic E-state index is 0.796. The molecule has 1 saturated heterocycles. The van der Waals surface area contributed by atoms with E-state index in [1.807, 2.05) is 18.2 Å². The molecule has 1 aromatic carbocycles. The number of amides is 1. The lowest BCUT2D eigenvalue weighted by molar-refractivity contribution is -0.119. The van der Waals surface area contributed by atoms with Gasteiger partial charge >= 0.3 is 0 Å². The van der Waals surface area contributed by atoms with Gasteiger partial charge in [0.15, 0.2) is 0 Å². The molecule has 2 nitrogen and oxygen atoms in total. The Labute approximate surface area is 83.8 Å². The number of hydrogen-bond acceptors (Lipinski definition) is 1. The summed E-state index contributed by atoms with van der Waals surface area (Å²) in [6.45, 7) is 3.71. The Balaban J connectivity index is 2.17. The van der Waals surface area contributed by atoms with E-state index in [2.05, 4.69) is 19.1 Å². The fourth-order valence-electron chi connectivity index (χ4n) is 1.65. The smallest absolute Gasteiger partial charge is 0.210 e. The molecule has 0 bridgehead atoms. The third kappa shape index (κ3) is 1.55. The Kier molecular flexibility index (Phi) is 2.35. The number of benzene rings is 1. The number of likely N-dealkylation sites (tertiary alicyclic amines) is 1. The van der Waals surface area contributed by atoms with E-state index in [1.54, 1.807) is 4.90 Å². The Bertz CT molecular complexity index is 359. The van der Waals surface area contributed by atoms with Gasteiger partial charge < -0.3 is 4.90 Å². The summed E-state index contributed by atoms with van der Waals surface area (Å²) >= 11 is 0. The molecule has 14 heavy (non-hydrogen) atoms. The normalized spacial score (nSPS) is 14.9. The van der Waals surface area contributed by atoms with Crippen LogP contribution >= 0.6 is 0 Å². The van der Waals surface area contributed by atoms with Gasteiger partial charge in [0.2, 0.25) is 6.41 Å². The molecule has 2 rings (SSSR count). The zero-order valence-electron chi connectivity index (χ0n) is 8.23. The highest BCUT2D eigenvalue weighted by molar-refractivity contribution is 5.70. The predicted molar refractivity (Wildman–Crippen MR) is 56.7 cm³/mol. The van der Waals surface area contributed by atoms with Crippen LogP contribution in [0.3, 0.4) is 0 Å². The molecule has 0 aromatic heterocycles. The second-order valence-electron chi connectivity index (χ2n) is 3.60. The molecule has 0 spiro atoms. The molecule has 0 radical (unpaired) electrons. The first-order valence-electron chi connectivity index (χ1n) is 4.74. The number of allylic oxidation sites excluding steroid dienone is 1. The Morgan fingerprint density at radius 3 is 2.50 bits per heavy atom. The molecule has 0 saturated carbocycles. The Morgan fingerprint density at radius 2 is 1.93 bits per heavy atom. The third-order valence-corrected chi connectivity index (χ3v) is 2.67. The number of carbonyl (C=O) groups is 1. The van der Waals surface area contributed by atoms with E-state index in [4.69, 9.17) is 0 Å². The van der Waals surface area contributed by atoms with Crippen LogP contribution in [0.15, 0.2) is 35.9 Å². The summed E-state index contributed by atoms with van der Waals surface area (Å²) in [7, 11) is 0. The van der Waals surface area contributed by atoms with Gasteiger partial charge in [-0.2, -0.15) is 0 Å². The van der Waals surface area contributed by atoms with Crippen LogP contribution in [0.2, 0.25) is 0 Å². The van der Waals surface area contributed by atoms with Crippen molar-refractivity contribution in [2.24, 2.45) is 0 Å². The van der Waals surface area contributed by atoms with Gasteiger partial charge in [-0.3, -0.25) is 4.79 Å². The van der Waals surface area contributed by atoms with Gasteiger partial charge in [0.05, 0.1) is 0 Å². The first kappa shape index (κ1) is 9.00. The number of rotatable bonds is 2. The van der Waals surface area contributed by atoms with Gasteiger partial charge in [0.1, 0.15) is 0 Å². The van der Waals surface area contributed by atoms with E-state index in [0.717, 1.165) is 19.5 Å². The second kappa shape index (κ2) is 3.66. The molecule has 1 aliphatic heterocycles. The van der Waals surface area contributed by atoms with Crippen molar-refractivity contribution in [2.45, 2.75) is 6.92 Å². The van der Waals surface area contributed by atoms with Gasteiger partial charge in [-0.05, 0) is 23.6 Å². The highest BCUT2D eigenvalue weighted by Crippen LogP contribution is 2.24. The summed E-state index contributed by atoms with van der Waals surface area (Å²) in [6, 6.07) is 10.3. The average Bonchev–Trinajstić information content (AvgIpc) is 2.17. The maximum absolute atomic E-state index is 10.4. The van der Waals surface area contributed by atoms with Crippen molar-refractivity contribution in [1.82, 2.24) is 4.90 Å².